The van der Waals surface area contributed by atoms with Crippen LogP contribution >= 0.6 is 0 Å². The van der Waals surface area contributed by atoms with Gasteiger partial charge in [-0.15, -0.1) is 0 Å². The first-order valence-corrected chi connectivity index (χ1v) is 4.72. The Labute approximate surface area is 76.8 Å². The lowest BCUT2D eigenvalue weighted by atomic mass is 10.3. The summed E-state index contributed by atoms with van der Waals surface area (Å²) in [6.45, 7) is 6.53. The van der Waals surface area contributed by atoms with Gasteiger partial charge in [-0.1, -0.05) is 25.2 Å². The molecule has 0 amide bonds. The van der Waals surface area contributed by atoms with Crippen molar-refractivity contribution >= 4 is 0 Å². The van der Waals surface area contributed by atoms with Gasteiger partial charge in [-0.25, -0.2) is 0 Å². The van der Waals surface area contributed by atoms with Gasteiger partial charge >= 0.3 is 0 Å². The number of allylic oxidation sites excluding steroid dienone is 3. The minimum atomic E-state index is 0.594. The van der Waals surface area contributed by atoms with Gasteiger partial charge in [0.2, 0.25) is 0 Å². The number of hydrogen-bond donors (Lipinski definition) is 0. The average molecular weight is 167 g/mol. The number of rotatable bonds is 5. The summed E-state index contributed by atoms with van der Waals surface area (Å²) < 4.78 is 0. The lowest BCUT2D eigenvalue weighted by Gasteiger charge is -2.17. The predicted octanol–water partition coefficient (Wildman–Crippen LogP) is 3.20. The maximum Gasteiger partial charge on any atom is 0.0224 e. The molecular formula is C11H21N. The Balaban J connectivity index is 3.54. The van der Waals surface area contributed by atoms with Crippen molar-refractivity contribution in [2.24, 2.45) is 0 Å². The second-order valence-corrected chi connectivity index (χ2v) is 3.26. The first-order chi connectivity index (χ1) is 5.68. The average Bonchev–Trinajstić information content (AvgIpc) is 2.03. The topological polar surface area (TPSA) is 3.24 Å². The molecule has 1 nitrogen and oxygen atoms in total. The van der Waals surface area contributed by atoms with Crippen molar-refractivity contribution < 1.29 is 0 Å². The standard InChI is InChI=1S/C11H21N/c1-5-6-7-8-9-10-12(4)11(2)3/h6-7,9-11H,5,8H2,1-4H3/b7-6-,10-9+. The molecule has 0 unspecified atom stereocenters. The Morgan fingerprint density at radius 3 is 2.33 bits per heavy atom. The van der Waals surface area contributed by atoms with Crippen molar-refractivity contribution in [3.8, 4) is 0 Å². The van der Waals surface area contributed by atoms with Crippen LogP contribution in [-0.4, -0.2) is 18.0 Å². The van der Waals surface area contributed by atoms with Gasteiger partial charge in [-0.2, -0.15) is 0 Å². The van der Waals surface area contributed by atoms with Gasteiger partial charge in [0.25, 0.3) is 0 Å². The Kier molecular flexibility index (Phi) is 6.54. The fourth-order valence-corrected chi connectivity index (χ4v) is 0.741. The Morgan fingerprint density at radius 2 is 1.83 bits per heavy atom. The third-order valence-electron chi connectivity index (χ3n) is 1.83. The van der Waals surface area contributed by atoms with Crippen molar-refractivity contribution in [3.63, 3.8) is 0 Å². The molecule has 0 aliphatic carbocycles. The maximum absolute atomic E-state index is 2.21. The maximum atomic E-state index is 2.21. The Hall–Kier alpha value is -0.720. The molecule has 0 bridgehead atoms. The largest absolute Gasteiger partial charge is 0.378 e. The lowest BCUT2D eigenvalue weighted by Crippen LogP contribution is -2.19. The highest BCUT2D eigenvalue weighted by Crippen LogP contribution is 1.96. The molecule has 0 aromatic rings. The highest BCUT2D eigenvalue weighted by atomic mass is 15.1. The van der Waals surface area contributed by atoms with E-state index in [4.69, 9.17) is 0 Å². The van der Waals surface area contributed by atoms with E-state index in [-0.39, 0.29) is 0 Å². The molecule has 0 N–H and O–H groups in total. The molecule has 0 saturated heterocycles. The van der Waals surface area contributed by atoms with Crippen LogP contribution in [-0.2, 0) is 0 Å². The van der Waals surface area contributed by atoms with E-state index in [1.807, 2.05) is 0 Å². The van der Waals surface area contributed by atoms with Crippen LogP contribution in [0.15, 0.2) is 24.4 Å². The van der Waals surface area contributed by atoms with Gasteiger partial charge in [-0.3, -0.25) is 0 Å². The molecule has 0 aliphatic rings. The van der Waals surface area contributed by atoms with Crippen molar-refractivity contribution in [3.05, 3.63) is 24.4 Å². The molecule has 0 atom stereocenters. The van der Waals surface area contributed by atoms with Crippen LogP contribution in [0.3, 0.4) is 0 Å². The summed E-state index contributed by atoms with van der Waals surface area (Å²) in [5.41, 5.74) is 0. The van der Waals surface area contributed by atoms with E-state index in [0.717, 1.165) is 12.8 Å². The van der Waals surface area contributed by atoms with Crippen LogP contribution in [0.5, 0.6) is 0 Å². The van der Waals surface area contributed by atoms with Crippen LogP contribution in [0.2, 0.25) is 0 Å². The fraction of sp³-hybridized carbons (Fsp3) is 0.636. The van der Waals surface area contributed by atoms with E-state index in [1.54, 1.807) is 0 Å². The molecule has 0 aromatic heterocycles. The first-order valence-electron chi connectivity index (χ1n) is 4.72. The van der Waals surface area contributed by atoms with Crippen molar-refractivity contribution in [2.45, 2.75) is 39.7 Å². The molecule has 0 rings (SSSR count). The van der Waals surface area contributed by atoms with Gasteiger partial charge in [-0.05, 0) is 32.9 Å². The summed E-state index contributed by atoms with van der Waals surface area (Å²) in [6.07, 6.45) is 10.9. The first kappa shape index (κ1) is 11.3. The summed E-state index contributed by atoms with van der Waals surface area (Å²) in [5, 5.41) is 0. The minimum Gasteiger partial charge on any atom is -0.378 e. The lowest BCUT2D eigenvalue weighted by molar-refractivity contribution is 0.375. The highest BCUT2D eigenvalue weighted by molar-refractivity contribution is 4.92. The smallest absolute Gasteiger partial charge is 0.0224 e. The predicted molar refractivity (Wildman–Crippen MR) is 56.1 cm³/mol. The molecule has 0 aliphatic heterocycles. The van der Waals surface area contributed by atoms with Gasteiger partial charge in [0.15, 0.2) is 0 Å². The van der Waals surface area contributed by atoms with Crippen LogP contribution in [0.25, 0.3) is 0 Å². The molecule has 0 saturated carbocycles. The SMILES string of the molecule is CC/C=C\C/C=C/N(C)C(C)C. The second kappa shape index (κ2) is 6.96. The fourth-order valence-electron chi connectivity index (χ4n) is 0.741. The van der Waals surface area contributed by atoms with Gasteiger partial charge in [0.1, 0.15) is 0 Å². The number of hydrogen-bond acceptors (Lipinski definition) is 1. The normalized spacial score (nSPS) is 12.1. The highest BCUT2D eigenvalue weighted by Gasteiger charge is 1.93. The van der Waals surface area contributed by atoms with Crippen LogP contribution in [0, 0.1) is 0 Å². The van der Waals surface area contributed by atoms with E-state index in [9.17, 15) is 0 Å². The monoisotopic (exact) mass is 167 g/mol. The van der Waals surface area contributed by atoms with E-state index in [0.29, 0.717) is 6.04 Å². The van der Waals surface area contributed by atoms with Crippen LogP contribution in [0.1, 0.15) is 33.6 Å². The van der Waals surface area contributed by atoms with Crippen molar-refractivity contribution in [1.29, 1.82) is 0 Å². The summed E-state index contributed by atoms with van der Waals surface area (Å²) in [5.74, 6) is 0. The van der Waals surface area contributed by atoms with Gasteiger partial charge in [0, 0.05) is 13.1 Å². The second-order valence-electron chi connectivity index (χ2n) is 3.26. The minimum absolute atomic E-state index is 0.594. The molecule has 0 heterocycles. The summed E-state index contributed by atoms with van der Waals surface area (Å²) in [7, 11) is 2.10. The molecule has 70 valence electrons. The van der Waals surface area contributed by atoms with Gasteiger partial charge in [0.05, 0.1) is 0 Å². The zero-order chi connectivity index (χ0) is 9.40. The molecule has 0 radical (unpaired) electrons. The van der Waals surface area contributed by atoms with E-state index in [2.05, 4.69) is 57.1 Å². The van der Waals surface area contributed by atoms with Crippen molar-refractivity contribution in [2.75, 3.05) is 7.05 Å². The quantitative estimate of drug-likeness (QED) is 0.568. The summed E-state index contributed by atoms with van der Waals surface area (Å²) >= 11 is 0. The van der Waals surface area contributed by atoms with E-state index >= 15 is 0 Å². The van der Waals surface area contributed by atoms with Crippen LogP contribution in [0.4, 0.5) is 0 Å². The number of nitrogens with zero attached hydrogens (tertiary/aromatic N) is 1. The molecule has 0 fully saturated rings. The van der Waals surface area contributed by atoms with Gasteiger partial charge < -0.3 is 4.90 Å². The third kappa shape index (κ3) is 6.02. The summed E-state index contributed by atoms with van der Waals surface area (Å²) in [4.78, 5) is 2.21. The summed E-state index contributed by atoms with van der Waals surface area (Å²) in [6, 6.07) is 0.594. The third-order valence-corrected chi connectivity index (χ3v) is 1.83. The van der Waals surface area contributed by atoms with Crippen LogP contribution < -0.4 is 0 Å². The van der Waals surface area contributed by atoms with E-state index in [1.165, 1.54) is 0 Å². The molecule has 12 heavy (non-hydrogen) atoms. The zero-order valence-corrected chi connectivity index (χ0v) is 8.75. The molecule has 1 heteroatoms. The zero-order valence-electron chi connectivity index (χ0n) is 8.75. The molecule has 0 aromatic carbocycles. The molecule has 0 spiro atoms. The van der Waals surface area contributed by atoms with Crippen molar-refractivity contribution in [1.82, 2.24) is 4.90 Å². The van der Waals surface area contributed by atoms with E-state index < -0.39 is 0 Å². The Morgan fingerprint density at radius 1 is 1.17 bits per heavy atom. The molecular weight excluding hydrogens is 146 g/mol. The Bertz CT molecular complexity index is 145.